The fourth-order valence-electron chi connectivity index (χ4n) is 1.30. The van der Waals surface area contributed by atoms with Crippen molar-refractivity contribution in [2.45, 2.75) is 23.7 Å². The van der Waals surface area contributed by atoms with Crippen LogP contribution < -0.4 is 5.32 Å². The highest BCUT2D eigenvalue weighted by molar-refractivity contribution is 6.67. The number of nitrogens with one attached hydrogen (secondary N) is 1. The van der Waals surface area contributed by atoms with E-state index in [1.807, 2.05) is 31.2 Å². The fraction of sp³-hybridized carbons (Fsp3) is 0.417. The van der Waals surface area contributed by atoms with Crippen LogP contribution in [0.4, 0.5) is 5.69 Å². The van der Waals surface area contributed by atoms with E-state index in [-0.39, 0.29) is 6.61 Å². The Labute approximate surface area is 121 Å². The number of aryl methyl sites for hydroxylation is 1. The first kappa shape index (κ1) is 15.4. The summed E-state index contributed by atoms with van der Waals surface area (Å²) >= 11 is 16.5. The summed E-state index contributed by atoms with van der Waals surface area (Å²) in [6.45, 7) is 3.37. The number of carbonyl (C=O) groups is 1. The lowest BCUT2D eigenvalue weighted by atomic mass is 10.2. The van der Waals surface area contributed by atoms with Crippen LogP contribution in [-0.2, 0) is 9.53 Å². The first-order valence-electron chi connectivity index (χ1n) is 5.35. The van der Waals surface area contributed by atoms with Crippen molar-refractivity contribution in [2.75, 3.05) is 11.9 Å². The van der Waals surface area contributed by atoms with Gasteiger partial charge < -0.3 is 10.1 Å². The van der Waals surface area contributed by atoms with Crippen molar-refractivity contribution < 1.29 is 9.53 Å². The molecule has 0 amide bonds. The molecule has 0 saturated carbocycles. The molecule has 1 atom stereocenters. The molecule has 0 aromatic heterocycles. The third-order valence-corrected chi connectivity index (χ3v) is 2.58. The van der Waals surface area contributed by atoms with Crippen LogP contribution >= 0.6 is 34.8 Å². The minimum absolute atomic E-state index is 0.268. The molecular formula is C12H14Cl3NO2. The fourth-order valence-corrected chi connectivity index (χ4v) is 1.47. The summed E-state index contributed by atoms with van der Waals surface area (Å²) in [7, 11) is 0. The number of ether oxygens (including phenoxy) is 1. The van der Waals surface area contributed by atoms with E-state index >= 15 is 0 Å². The van der Waals surface area contributed by atoms with Crippen molar-refractivity contribution in [1.82, 2.24) is 0 Å². The molecule has 1 aromatic carbocycles. The maximum absolute atomic E-state index is 11.6. The molecular weight excluding hydrogens is 296 g/mol. The Morgan fingerprint density at radius 2 is 2.00 bits per heavy atom. The minimum atomic E-state index is -1.59. The molecule has 0 unspecified atom stereocenters. The van der Waals surface area contributed by atoms with E-state index < -0.39 is 15.8 Å². The van der Waals surface area contributed by atoms with Crippen LogP contribution in [-0.4, -0.2) is 22.4 Å². The van der Waals surface area contributed by atoms with Gasteiger partial charge in [0.05, 0.1) is 0 Å². The highest BCUT2D eigenvalue weighted by atomic mass is 35.6. The number of anilines is 1. The second-order valence-electron chi connectivity index (χ2n) is 3.90. The van der Waals surface area contributed by atoms with Crippen molar-refractivity contribution in [1.29, 1.82) is 0 Å². The second kappa shape index (κ2) is 6.50. The third-order valence-electron chi connectivity index (χ3n) is 2.25. The number of halogens is 3. The number of esters is 1. The zero-order valence-electron chi connectivity index (χ0n) is 10.0. The van der Waals surface area contributed by atoms with Crippen LogP contribution in [0.2, 0.25) is 0 Å². The minimum Gasteiger partial charge on any atom is -0.460 e. The van der Waals surface area contributed by atoms with Gasteiger partial charge in [0, 0.05) is 5.69 Å². The predicted octanol–water partition coefficient (Wildman–Crippen LogP) is 3.71. The van der Waals surface area contributed by atoms with Gasteiger partial charge >= 0.3 is 5.97 Å². The van der Waals surface area contributed by atoms with E-state index in [2.05, 4.69) is 5.32 Å². The molecule has 1 aromatic rings. The molecule has 6 heteroatoms. The zero-order valence-corrected chi connectivity index (χ0v) is 12.3. The summed E-state index contributed by atoms with van der Waals surface area (Å²) in [5.41, 5.74) is 1.91. The van der Waals surface area contributed by atoms with Crippen LogP contribution in [0.1, 0.15) is 12.5 Å². The van der Waals surface area contributed by atoms with Gasteiger partial charge in [0.15, 0.2) is 0 Å². The van der Waals surface area contributed by atoms with Gasteiger partial charge in [0.1, 0.15) is 12.6 Å². The van der Waals surface area contributed by atoms with E-state index in [4.69, 9.17) is 39.5 Å². The molecule has 0 saturated heterocycles. The van der Waals surface area contributed by atoms with Crippen molar-refractivity contribution in [3.63, 3.8) is 0 Å². The molecule has 0 aliphatic rings. The maximum Gasteiger partial charge on any atom is 0.328 e. The molecule has 0 aliphatic carbocycles. The Kier molecular flexibility index (Phi) is 5.57. The zero-order chi connectivity index (χ0) is 13.8. The lowest BCUT2D eigenvalue weighted by Crippen LogP contribution is -2.31. The number of hydrogen-bond acceptors (Lipinski definition) is 3. The first-order chi connectivity index (χ1) is 8.29. The molecule has 0 bridgehead atoms. The number of rotatable bonds is 4. The highest BCUT2D eigenvalue weighted by Gasteiger charge is 2.24. The van der Waals surface area contributed by atoms with Crippen molar-refractivity contribution in [3.8, 4) is 0 Å². The van der Waals surface area contributed by atoms with Crippen molar-refractivity contribution in [3.05, 3.63) is 29.8 Å². The summed E-state index contributed by atoms with van der Waals surface area (Å²) in [6, 6.07) is 7.12. The summed E-state index contributed by atoms with van der Waals surface area (Å²) in [5.74, 6) is -0.468. The number of carbonyl (C=O) groups excluding carboxylic acids is 1. The quantitative estimate of drug-likeness (QED) is 0.680. The normalized spacial score (nSPS) is 12.9. The summed E-state index contributed by atoms with van der Waals surface area (Å²) in [5, 5.41) is 3.04. The van der Waals surface area contributed by atoms with Gasteiger partial charge in [0.25, 0.3) is 0 Å². The molecule has 18 heavy (non-hydrogen) atoms. The molecule has 0 spiro atoms. The maximum atomic E-state index is 11.6. The van der Waals surface area contributed by atoms with Gasteiger partial charge in [0.2, 0.25) is 3.79 Å². The topological polar surface area (TPSA) is 38.3 Å². The molecule has 100 valence electrons. The van der Waals surface area contributed by atoms with Crippen LogP contribution in [0.25, 0.3) is 0 Å². The number of alkyl halides is 3. The lowest BCUT2D eigenvalue weighted by Gasteiger charge is -2.17. The molecule has 0 aliphatic heterocycles. The first-order valence-corrected chi connectivity index (χ1v) is 6.48. The second-order valence-corrected chi connectivity index (χ2v) is 6.42. The summed E-state index contributed by atoms with van der Waals surface area (Å²) in [4.78, 5) is 11.6. The van der Waals surface area contributed by atoms with Gasteiger partial charge in [-0.15, -0.1) is 0 Å². The lowest BCUT2D eigenvalue weighted by molar-refractivity contribution is -0.144. The number of hydrogen-bond donors (Lipinski definition) is 1. The Morgan fingerprint density at radius 3 is 2.56 bits per heavy atom. The van der Waals surface area contributed by atoms with Crippen LogP contribution in [0.5, 0.6) is 0 Å². The van der Waals surface area contributed by atoms with Crippen molar-refractivity contribution >= 4 is 46.5 Å². The molecule has 0 radical (unpaired) electrons. The average Bonchev–Trinajstić information content (AvgIpc) is 2.28. The van der Waals surface area contributed by atoms with Gasteiger partial charge in [-0.05, 0) is 25.5 Å². The third kappa shape index (κ3) is 5.34. The van der Waals surface area contributed by atoms with Gasteiger partial charge in [-0.2, -0.15) is 0 Å². The van der Waals surface area contributed by atoms with Gasteiger partial charge in [-0.3, -0.25) is 0 Å². The molecule has 1 N–H and O–H groups in total. The van der Waals surface area contributed by atoms with E-state index in [1.165, 1.54) is 0 Å². The van der Waals surface area contributed by atoms with Gasteiger partial charge in [-0.25, -0.2) is 4.79 Å². The molecule has 0 heterocycles. The largest absolute Gasteiger partial charge is 0.460 e. The Morgan fingerprint density at radius 1 is 1.39 bits per heavy atom. The van der Waals surface area contributed by atoms with Crippen LogP contribution in [0.15, 0.2) is 24.3 Å². The van der Waals surface area contributed by atoms with E-state index in [0.29, 0.717) is 0 Å². The Hall–Kier alpha value is -0.640. The Bertz CT molecular complexity index is 418. The standard InChI is InChI=1S/C12H14Cl3NO2/c1-8-5-3-4-6-10(8)16-9(2)11(17)18-7-12(13,14)15/h3-6,9,16H,7H2,1-2H3/t9-/m0/s1. The van der Waals surface area contributed by atoms with Crippen LogP contribution in [0.3, 0.4) is 0 Å². The van der Waals surface area contributed by atoms with Gasteiger partial charge in [-0.1, -0.05) is 53.0 Å². The monoisotopic (exact) mass is 309 g/mol. The van der Waals surface area contributed by atoms with Crippen LogP contribution in [0, 0.1) is 6.92 Å². The van der Waals surface area contributed by atoms with Crippen molar-refractivity contribution in [2.24, 2.45) is 0 Å². The smallest absolute Gasteiger partial charge is 0.328 e. The molecule has 0 fully saturated rings. The Balaban J connectivity index is 2.53. The molecule has 1 rings (SSSR count). The number of benzene rings is 1. The van der Waals surface area contributed by atoms with E-state index in [9.17, 15) is 4.79 Å². The molecule has 3 nitrogen and oxygen atoms in total. The number of para-hydroxylation sites is 1. The summed E-state index contributed by atoms with van der Waals surface area (Å²) in [6.07, 6.45) is 0. The predicted molar refractivity (Wildman–Crippen MR) is 75.5 cm³/mol. The average molecular weight is 311 g/mol. The van der Waals surface area contributed by atoms with E-state index in [0.717, 1.165) is 11.3 Å². The highest BCUT2D eigenvalue weighted by Crippen LogP contribution is 2.26. The van der Waals surface area contributed by atoms with E-state index in [1.54, 1.807) is 6.92 Å². The SMILES string of the molecule is Cc1ccccc1N[C@@H](C)C(=O)OCC(Cl)(Cl)Cl. The summed E-state index contributed by atoms with van der Waals surface area (Å²) < 4.78 is 3.30.